The van der Waals surface area contributed by atoms with E-state index >= 15 is 0 Å². The molecule has 1 aromatic heterocycles. The maximum Gasteiger partial charge on any atom is 0.250 e. The van der Waals surface area contributed by atoms with Gasteiger partial charge in [-0.3, -0.25) is 0 Å². The van der Waals surface area contributed by atoms with Crippen molar-refractivity contribution in [3.05, 3.63) is 17.5 Å². The zero-order valence-corrected chi connectivity index (χ0v) is 11.9. The van der Waals surface area contributed by atoms with Crippen molar-refractivity contribution < 1.29 is 8.42 Å². The van der Waals surface area contributed by atoms with Crippen molar-refractivity contribution in [2.75, 3.05) is 5.33 Å². The van der Waals surface area contributed by atoms with Crippen LogP contribution in [-0.4, -0.2) is 19.3 Å². The highest BCUT2D eigenvalue weighted by Gasteiger charge is 2.25. The van der Waals surface area contributed by atoms with Crippen molar-refractivity contribution >= 4 is 37.3 Å². The number of hydrogen-bond acceptors (Lipinski definition) is 3. The van der Waals surface area contributed by atoms with E-state index in [1.54, 1.807) is 17.5 Å². The SMILES string of the molecule is CC(C)(CCBr)NS(=O)(=O)c1cccs1. The predicted octanol–water partition coefficient (Wildman–Crippen LogP) is 2.59. The van der Waals surface area contributed by atoms with Crippen LogP contribution < -0.4 is 4.72 Å². The van der Waals surface area contributed by atoms with E-state index < -0.39 is 15.6 Å². The average molecular weight is 312 g/mol. The van der Waals surface area contributed by atoms with E-state index in [2.05, 4.69) is 20.7 Å². The number of thiophene rings is 1. The van der Waals surface area contributed by atoms with Gasteiger partial charge in [0.15, 0.2) is 0 Å². The summed E-state index contributed by atoms with van der Waals surface area (Å²) in [7, 11) is -3.35. The highest BCUT2D eigenvalue weighted by molar-refractivity contribution is 9.09. The van der Waals surface area contributed by atoms with Crippen LogP contribution in [0, 0.1) is 0 Å². The molecule has 86 valence electrons. The molecule has 0 radical (unpaired) electrons. The molecule has 0 atom stereocenters. The first-order valence-electron chi connectivity index (χ1n) is 4.51. The number of hydrogen-bond donors (Lipinski definition) is 1. The minimum Gasteiger partial charge on any atom is -0.206 e. The molecule has 0 aliphatic rings. The number of halogens is 1. The van der Waals surface area contributed by atoms with Crippen LogP contribution in [0.5, 0.6) is 0 Å². The van der Waals surface area contributed by atoms with Gasteiger partial charge in [-0.15, -0.1) is 11.3 Å². The quantitative estimate of drug-likeness (QED) is 0.850. The molecule has 0 aliphatic heterocycles. The van der Waals surface area contributed by atoms with Gasteiger partial charge in [0.2, 0.25) is 0 Å². The van der Waals surface area contributed by atoms with E-state index in [9.17, 15) is 8.42 Å². The van der Waals surface area contributed by atoms with E-state index in [0.29, 0.717) is 4.21 Å². The van der Waals surface area contributed by atoms with E-state index in [4.69, 9.17) is 0 Å². The van der Waals surface area contributed by atoms with Gasteiger partial charge in [-0.1, -0.05) is 22.0 Å². The molecule has 0 aromatic carbocycles. The summed E-state index contributed by atoms with van der Waals surface area (Å²) in [5, 5.41) is 2.53. The van der Waals surface area contributed by atoms with Crippen LogP contribution >= 0.6 is 27.3 Å². The maximum atomic E-state index is 11.9. The van der Waals surface area contributed by atoms with Gasteiger partial charge in [0, 0.05) is 10.9 Å². The molecule has 0 aliphatic carbocycles. The molecular weight excluding hydrogens is 298 g/mol. The Balaban J connectivity index is 2.82. The minimum atomic E-state index is -3.35. The fraction of sp³-hybridized carbons (Fsp3) is 0.556. The van der Waals surface area contributed by atoms with Crippen LogP contribution in [-0.2, 0) is 10.0 Å². The zero-order valence-electron chi connectivity index (χ0n) is 8.66. The van der Waals surface area contributed by atoms with E-state index in [1.807, 2.05) is 13.8 Å². The van der Waals surface area contributed by atoms with Gasteiger partial charge in [-0.05, 0) is 31.7 Å². The van der Waals surface area contributed by atoms with Gasteiger partial charge >= 0.3 is 0 Å². The summed E-state index contributed by atoms with van der Waals surface area (Å²) >= 11 is 4.54. The molecule has 0 fully saturated rings. The molecule has 0 saturated carbocycles. The summed E-state index contributed by atoms with van der Waals surface area (Å²) in [6, 6.07) is 3.34. The second-order valence-corrected chi connectivity index (χ2v) is 7.51. The minimum absolute atomic E-state index is 0.366. The van der Waals surface area contributed by atoms with Crippen molar-refractivity contribution in [2.45, 2.75) is 30.0 Å². The second kappa shape index (κ2) is 4.95. The summed E-state index contributed by atoms with van der Waals surface area (Å²) < 4.78 is 26.8. The monoisotopic (exact) mass is 311 g/mol. The molecule has 1 rings (SSSR count). The van der Waals surface area contributed by atoms with E-state index in [-0.39, 0.29) is 0 Å². The van der Waals surface area contributed by atoms with Crippen LogP contribution in [0.15, 0.2) is 21.7 Å². The third kappa shape index (κ3) is 3.86. The van der Waals surface area contributed by atoms with Gasteiger partial charge in [0.05, 0.1) is 0 Å². The van der Waals surface area contributed by atoms with E-state index in [0.717, 1.165) is 11.8 Å². The molecule has 15 heavy (non-hydrogen) atoms. The number of alkyl halides is 1. The smallest absolute Gasteiger partial charge is 0.206 e. The topological polar surface area (TPSA) is 46.2 Å². The van der Waals surface area contributed by atoms with Gasteiger partial charge < -0.3 is 0 Å². The average Bonchev–Trinajstić information content (AvgIpc) is 2.52. The highest BCUT2D eigenvalue weighted by atomic mass is 79.9. The second-order valence-electron chi connectivity index (χ2n) is 3.86. The number of sulfonamides is 1. The molecule has 1 aromatic rings. The van der Waals surface area contributed by atoms with Gasteiger partial charge in [0.1, 0.15) is 4.21 Å². The van der Waals surface area contributed by atoms with Crippen LogP contribution in [0.2, 0.25) is 0 Å². The highest BCUT2D eigenvalue weighted by Crippen LogP contribution is 2.19. The van der Waals surface area contributed by atoms with Crippen molar-refractivity contribution in [2.24, 2.45) is 0 Å². The normalized spacial score (nSPS) is 13.0. The first-order chi connectivity index (χ1) is 6.87. The third-order valence-electron chi connectivity index (χ3n) is 1.89. The first kappa shape index (κ1) is 13.2. The molecule has 6 heteroatoms. The lowest BCUT2D eigenvalue weighted by Gasteiger charge is -2.24. The molecule has 0 amide bonds. The summed E-state index contributed by atoms with van der Waals surface area (Å²) in [6.07, 6.45) is 0.748. The van der Waals surface area contributed by atoms with E-state index in [1.165, 1.54) is 11.3 Å². The van der Waals surface area contributed by atoms with Crippen molar-refractivity contribution in [1.82, 2.24) is 4.72 Å². The molecule has 0 spiro atoms. The summed E-state index contributed by atoms with van der Waals surface area (Å²) in [5.41, 5.74) is -0.424. The Kier molecular flexibility index (Phi) is 4.34. The Bertz CT molecular complexity index is 398. The number of nitrogens with one attached hydrogen (secondary N) is 1. The fourth-order valence-electron chi connectivity index (χ4n) is 1.12. The third-order valence-corrected chi connectivity index (χ3v) is 5.38. The molecule has 1 N–H and O–H groups in total. The van der Waals surface area contributed by atoms with Crippen LogP contribution in [0.4, 0.5) is 0 Å². The van der Waals surface area contributed by atoms with Gasteiger partial charge in [0.25, 0.3) is 10.0 Å². The Labute approximate surface area is 103 Å². The van der Waals surface area contributed by atoms with Crippen molar-refractivity contribution in [3.8, 4) is 0 Å². The summed E-state index contributed by atoms with van der Waals surface area (Å²) in [4.78, 5) is 0. The zero-order chi connectivity index (χ0) is 11.5. The van der Waals surface area contributed by atoms with Crippen LogP contribution in [0.1, 0.15) is 20.3 Å². The predicted molar refractivity (Wildman–Crippen MR) is 67.1 cm³/mol. The number of rotatable bonds is 5. The lowest BCUT2D eigenvalue weighted by Crippen LogP contribution is -2.43. The molecule has 3 nitrogen and oxygen atoms in total. The largest absolute Gasteiger partial charge is 0.250 e. The lowest BCUT2D eigenvalue weighted by atomic mass is 10.0. The van der Waals surface area contributed by atoms with Crippen LogP contribution in [0.25, 0.3) is 0 Å². The van der Waals surface area contributed by atoms with Gasteiger partial charge in [-0.25, -0.2) is 13.1 Å². The van der Waals surface area contributed by atoms with Crippen molar-refractivity contribution in [3.63, 3.8) is 0 Å². The lowest BCUT2D eigenvalue weighted by molar-refractivity contribution is 0.444. The molecule has 0 bridgehead atoms. The standard InChI is InChI=1S/C9H14BrNO2S2/c1-9(2,5-6-10)11-15(12,13)8-4-3-7-14-8/h3-4,7,11H,5-6H2,1-2H3. The Morgan fingerprint density at radius 2 is 2.20 bits per heavy atom. The molecule has 0 unspecified atom stereocenters. The Morgan fingerprint density at radius 3 is 2.67 bits per heavy atom. The maximum absolute atomic E-state index is 11.9. The van der Waals surface area contributed by atoms with Gasteiger partial charge in [-0.2, -0.15) is 0 Å². The molecule has 0 saturated heterocycles. The molecular formula is C9H14BrNO2S2. The van der Waals surface area contributed by atoms with Crippen molar-refractivity contribution in [1.29, 1.82) is 0 Å². The van der Waals surface area contributed by atoms with Crippen LogP contribution in [0.3, 0.4) is 0 Å². The fourth-order valence-corrected chi connectivity index (χ4v) is 4.54. The Hall–Kier alpha value is 0.0900. The Morgan fingerprint density at radius 1 is 1.53 bits per heavy atom. The summed E-state index contributed by atoms with van der Waals surface area (Å²) in [5.74, 6) is 0. The summed E-state index contributed by atoms with van der Waals surface area (Å²) in [6.45, 7) is 3.75. The molecule has 1 heterocycles. The first-order valence-corrected chi connectivity index (χ1v) is 7.99.